The van der Waals surface area contributed by atoms with Gasteiger partial charge in [-0.15, -0.1) is 0 Å². The van der Waals surface area contributed by atoms with Crippen LogP contribution in [0, 0.1) is 11.3 Å². The van der Waals surface area contributed by atoms with E-state index in [1.165, 1.54) is 11.8 Å². The molecule has 0 saturated heterocycles. The third kappa shape index (κ3) is 6.48. The minimum Gasteiger partial charge on any atom is -0.480 e. The van der Waals surface area contributed by atoms with E-state index >= 15 is 0 Å². The maximum Gasteiger partial charge on any atom is 0.326 e. The molecule has 0 aliphatic carbocycles. The summed E-state index contributed by atoms with van der Waals surface area (Å²) in [4.78, 5) is 32.8. The van der Waals surface area contributed by atoms with Gasteiger partial charge in [0.2, 0.25) is 0 Å². The first-order chi connectivity index (χ1) is 20.5. The second-order valence-corrected chi connectivity index (χ2v) is 10.8. The molecule has 1 amide bonds. The van der Waals surface area contributed by atoms with Crippen LogP contribution < -0.4 is 10.6 Å². The minimum absolute atomic E-state index is 0.323. The number of aromatic amines is 1. The third-order valence-corrected chi connectivity index (χ3v) is 7.65. The molecule has 5 rings (SSSR count). The van der Waals surface area contributed by atoms with Crippen molar-refractivity contribution in [2.45, 2.75) is 25.6 Å². The van der Waals surface area contributed by atoms with E-state index in [-0.39, 0.29) is 0 Å². The lowest BCUT2D eigenvalue weighted by molar-refractivity contribution is -0.139. The highest BCUT2D eigenvalue weighted by atomic mass is 32.2. The van der Waals surface area contributed by atoms with Crippen LogP contribution in [0.4, 0.5) is 5.69 Å². The first kappa shape index (κ1) is 28.5. The zero-order chi connectivity index (χ0) is 29.5. The van der Waals surface area contributed by atoms with Crippen LogP contribution in [-0.2, 0) is 17.9 Å². The summed E-state index contributed by atoms with van der Waals surface area (Å²) in [6, 6.07) is 24.1. The molecule has 2 aromatic heterocycles. The van der Waals surface area contributed by atoms with Crippen molar-refractivity contribution in [1.82, 2.24) is 19.9 Å². The van der Waals surface area contributed by atoms with E-state index in [9.17, 15) is 14.7 Å². The summed E-state index contributed by atoms with van der Waals surface area (Å²) in [5.74, 6) is -0.892. The highest BCUT2D eigenvalue weighted by Gasteiger charge is 2.25. The van der Waals surface area contributed by atoms with Crippen LogP contribution >= 0.6 is 11.8 Å². The number of hydrogen-bond acceptors (Lipinski definition) is 6. The molecule has 0 bridgehead atoms. The lowest BCUT2D eigenvalue weighted by Crippen LogP contribution is -2.41. The number of amides is 1. The molecule has 0 aliphatic heterocycles. The van der Waals surface area contributed by atoms with Crippen LogP contribution in [0.1, 0.15) is 33.7 Å². The number of anilines is 1. The minimum atomic E-state index is -1.06. The summed E-state index contributed by atoms with van der Waals surface area (Å²) in [6.07, 6.45) is 5.84. The number of carbonyl (C=O) groups excluding carboxylic acids is 1. The number of fused-ring (bicyclic) bond motifs is 1. The normalized spacial score (nSPS) is 11.6. The Hall–Kier alpha value is -5.01. The first-order valence-corrected chi connectivity index (χ1v) is 14.8. The standard InChI is InChI=1S/C32H30N6O3S/c1-42-14-13-28(32(40)41)37-31(39)30-29(23-5-3-2-4-6-23)26-15-24(11-12-27(26)36-30)35-18-25-17-34-20-38(25)19-22-9-7-21(16-33)8-10-22/h2-12,15,17,20,28,35-36H,13-14,18-19H2,1H3,(H,37,39)(H,40,41)/t28-/m0/s1. The third-order valence-electron chi connectivity index (χ3n) is 7.01. The monoisotopic (exact) mass is 578 g/mol. The van der Waals surface area contributed by atoms with Crippen molar-refractivity contribution in [1.29, 1.82) is 5.26 Å². The van der Waals surface area contributed by atoms with Gasteiger partial charge in [0.15, 0.2) is 0 Å². The van der Waals surface area contributed by atoms with Crippen LogP contribution in [0.15, 0.2) is 85.3 Å². The number of benzene rings is 3. The number of nitrogens with one attached hydrogen (secondary N) is 3. The second kappa shape index (κ2) is 13.1. The van der Waals surface area contributed by atoms with Crippen molar-refractivity contribution in [2.75, 3.05) is 17.3 Å². The Bertz CT molecular complexity index is 1740. The Kier molecular flexibility index (Phi) is 8.90. The Morgan fingerprint density at radius 2 is 1.90 bits per heavy atom. The van der Waals surface area contributed by atoms with E-state index in [0.717, 1.165) is 33.4 Å². The average molecular weight is 579 g/mol. The van der Waals surface area contributed by atoms with Crippen molar-refractivity contribution in [3.05, 3.63) is 108 Å². The fourth-order valence-corrected chi connectivity index (χ4v) is 5.28. The number of imidazole rings is 1. The Morgan fingerprint density at radius 3 is 2.62 bits per heavy atom. The highest BCUT2D eigenvalue weighted by Crippen LogP contribution is 2.34. The number of H-pyrrole nitrogens is 1. The summed E-state index contributed by atoms with van der Waals surface area (Å²) in [5, 5.41) is 25.7. The molecule has 10 heteroatoms. The fourth-order valence-electron chi connectivity index (χ4n) is 4.81. The molecule has 3 aromatic carbocycles. The number of aromatic nitrogens is 3. The van der Waals surface area contributed by atoms with Crippen LogP contribution in [0.5, 0.6) is 0 Å². The van der Waals surface area contributed by atoms with Gasteiger partial charge in [-0.25, -0.2) is 9.78 Å². The average Bonchev–Trinajstić information content (AvgIpc) is 3.62. The summed E-state index contributed by atoms with van der Waals surface area (Å²) < 4.78 is 2.05. The number of aliphatic carboxylic acids is 1. The van der Waals surface area contributed by atoms with Crippen molar-refractivity contribution >= 4 is 40.2 Å². The van der Waals surface area contributed by atoms with Crippen molar-refractivity contribution in [3.63, 3.8) is 0 Å². The zero-order valence-electron chi connectivity index (χ0n) is 23.0. The summed E-state index contributed by atoms with van der Waals surface area (Å²) >= 11 is 1.54. The molecule has 0 unspecified atom stereocenters. The van der Waals surface area contributed by atoms with Crippen molar-refractivity contribution in [3.8, 4) is 17.2 Å². The molecule has 212 valence electrons. The maximum atomic E-state index is 13.4. The van der Waals surface area contributed by atoms with Gasteiger partial charge < -0.3 is 25.3 Å². The second-order valence-electron chi connectivity index (χ2n) is 9.82. The molecule has 1 atom stereocenters. The number of nitriles is 1. The van der Waals surface area contributed by atoms with Gasteiger partial charge in [-0.2, -0.15) is 17.0 Å². The summed E-state index contributed by atoms with van der Waals surface area (Å²) in [6.45, 7) is 1.15. The number of rotatable bonds is 12. The molecule has 2 heterocycles. The van der Waals surface area contributed by atoms with Gasteiger partial charge in [-0.3, -0.25) is 4.79 Å². The Labute approximate surface area is 247 Å². The Balaban J connectivity index is 1.40. The smallest absolute Gasteiger partial charge is 0.326 e. The first-order valence-electron chi connectivity index (χ1n) is 13.4. The van der Waals surface area contributed by atoms with Gasteiger partial charge in [0.05, 0.1) is 30.2 Å². The largest absolute Gasteiger partial charge is 0.480 e. The molecule has 5 aromatic rings. The van der Waals surface area contributed by atoms with Crippen LogP contribution in [0.25, 0.3) is 22.0 Å². The number of carbonyl (C=O) groups is 2. The number of nitrogens with zero attached hydrogens (tertiary/aromatic N) is 3. The van der Waals surface area contributed by atoms with Gasteiger partial charge in [0, 0.05) is 34.9 Å². The molecule has 0 aliphatic rings. The lowest BCUT2D eigenvalue weighted by atomic mass is 10.0. The number of hydrogen-bond donors (Lipinski definition) is 4. The van der Waals surface area contributed by atoms with Crippen LogP contribution in [0.2, 0.25) is 0 Å². The summed E-state index contributed by atoms with van der Waals surface area (Å²) in [7, 11) is 0. The fraction of sp³-hybridized carbons (Fsp3) is 0.188. The topological polar surface area (TPSA) is 136 Å². The highest BCUT2D eigenvalue weighted by molar-refractivity contribution is 7.98. The molecule has 0 spiro atoms. The SMILES string of the molecule is CSCC[C@H](NC(=O)c1[nH]c2ccc(NCc3cncn3Cc3ccc(C#N)cc3)cc2c1-c1ccccc1)C(=O)O. The molecule has 4 N–H and O–H groups in total. The molecule has 42 heavy (non-hydrogen) atoms. The Morgan fingerprint density at radius 1 is 1.12 bits per heavy atom. The van der Waals surface area contributed by atoms with E-state index in [1.807, 2.05) is 73.1 Å². The quantitative estimate of drug-likeness (QED) is 0.153. The maximum absolute atomic E-state index is 13.4. The zero-order valence-corrected chi connectivity index (χ0v) is 23.8. The number of carboxylic acids is 1. The molecular formula is C32H30N6O3S. The molecule has 9 nitrogen and oxygen atoms in total. The predicted molar refractivity (Wildman–Crippen MR) is 165 cm³/mol. The number of thioether (sulfide) groups is 1. The molecular weight excluding hydrogens is 548 g/mol. The van der Waals surface area contributed by atoms with E-state index in [0.29, 0.717) is 42.1 Å². The van der Waals surface area contributed by atoms with E-state index in [1.54, 1.807) is 18.5 Å². The molecule has 0 saturated carbocycles. The van der Waals surface area contributed by atoms with Gasteiger partial charge in [-0.1, -0.05) is 42.5 Å². The predicted octanol–water partition coefficient (Wildman–Crippen LogP) is 5.50. The van der Waals surface area contributed by atoms with Crippen LogP contribution in [0.3, 0.4) is 0 Å². The van der Waals surface area contributed by atoms with Crippen molar-refractivity contribution in [2.24, 2.45) is 0 Å². The van der Waals surface area contributed by atoms with Gasteiger partial charge in [-0.05, 0) is 59.9 Å². The van der Waals surface area contributed by atoms with E-state index in [2.05, 4.69) is 31.2 Å². The van der Waals surface area contributed by atoms with Gasteiger partial charge in [0.1, 0.15) is 11.7 Å². The lowest BCUT2D eigenvalue weighted by Gasteiger charge is -2.14. The van der Waals surface area contributed by atoms with Gasteiger partial charge >= 0.3 is 5.97 Å². The van der Waals surface area contributed by atoms with Gasteiger partial charge in [0.25, 0.3) is 5.91 Å². The number of carboxylic acid groups (broad SMARTS) is 1. The van der Waals surface area contributed by atoms with E-state index < -0.39 is 17.9 Å². The summed E-state index contributed by atoms with van der Waals surface area (Å²) in [5.41, 5.74) is 6.20. The van der Waals surface area contributed by atoms with Crippen LogP contribution in [-0.4, -0.2) is 49.6 Å². The molecule has 0 fully saturated rings. The molecule has 0 radical (unpaired) electrons. The van der Waals surface area contributed by atoms with E-state index in [4.69, 9.17) is 5.26 Å². The van der Waals surface area contributed by atoms with Crippen molar-refractivity contribution < 1.29 is 14.7 Å².